The predicted molar refractivity (Wildman–Crippen MR) is 169 cm³/mol. The van der Waals surface area contributed by atoms with Crippen LogP contribution >= 0.6 is 0 Å². The summed E-state index contributed by atoms with van der Waals surface area (Å²) < 4.78 is 2.36. The SMILES string of the molecule is C=Cc1ccc2c(c1)c1ccccc1n2-c1ccc(-c2ccc(N3C4=CC=CCC4c4ccccc43)cc2)cc1. The molecule has 1 aliphatic heterocycles. The van der Waals surface area contributed by atoms with E-state index in [2.05, 4.69) is 150 Å². The number of fused-ring (bicyclic) bond motifs is 6. The van der Waals surface area contributed by atoms with E-state index in [9.17, 15) is 0 Å². The molecule has 6 aromatic rings. The average molecular weight is 513 g/mol. The Morgan fingerprint density at radius 2 is 1.38 bits per heavy atom. The molecule has 1 aromatic heterocycles. The Bertz CT molecular complexity index is 1980. The molecule has 2 aliphatic rings. The minimum Gasteiger partial charge on any atom is -0.313 e. The molecule has 1 atom stereocenters. The second-order valence-corrected chi connectivity index (χ2v) is 10.6. The summed E-state index contributed by atoms with van der Waals surface area (Å²) in [6, 6.07) is 42.0. The first-order chi connectivity index (χ1) is 19.8. The minimum absolute atomic E-state index is 0.442. The molecule has 2 nitrogen and oxygen atoms in total. The standard InChI is InChI=1S/C38H28N2/c1-2-26-15-24-38-34(25-26)33-11-5-8-14-37(33)40(38)30-22-18-28(19-23-30)27-16-20-29(21-17-27)39-35-12-6-3-9-31(35)32-10-4-7-13-36(32)39/h2-9,11-25,32H,1,10H2. The highest BCUT2D eigenvalue weighted by Gasteiger charge is 2.34. The van der Waals surface area contributed by atoms with E-state index in [1.807, 2.05) is 6.08 Å². The van der Waals surface area contributed by atoms with Gasteiger partial charge in [0.15, 0.2) is 0 Å². The number of anilines is 2. The van der Waals surface area contributed by atoms with E-state index >= 15 is 0 Å². The van der Waals surface area contributed by atoms with E-state index < -0.39 is 0 Å². The molecule has 0 N–H and O–H groups in total. The van der Waals surface area contributed by atoms with Crippen LogP contribution in [0.4, 0.5) is 11.4 Å². The van der Waals surface area contributed by atoms with Gasteiger partial charge in [-0.3, -0.25) is 0 Å². The van der Waals surface area contributed by atoms with Gasteiger partial charge in [0.2, 0.25) is 0 Å². The smallest absolute Gasteiger partial charge is 0.0541 e. The number of para-hydroxylation sites is 2. The number of hydrogen-bond acceptors (Lipinski definition) is 1. The summed E-state index contributed by atoms with van der Waals surface area (Å²) in [5, 5.41) is 2.51. The molecule has 40 heavy (non-hydrogen) atoms. The van der Waals surface area contributed by atoms with Gasteiger partial charge in [0, 0.05) is 39.4 Å². The summed E-state index contributed by atoms with van der Waals surface area (Å²) in [6.45, 7) is 3.96. The molecule has 190 valence electrons. The third-order valence-corrected chi connectivity index (χ3v) is 8.46. The lowest BCUT2D eigenvalue weighted by atomic mass is 9.92. The Hall–Kier alpha value is -5.08. The number of hydrogen-bond donors (Lipinski definition) is 0. The molecule has 1 aliphatic carbocycles. The fourth-order valence-electron chi connectivity index (χ4n) is 6.55. The van der Waals surface area contributed by atoms with Crippen LogP contribution in [-0.2, 0) is 0 Å². The molecule has 0 radical (unpaired) electrons. The van der Waals surface area contributed by atoms with Crippen molar-refractivity contribution in [3.63, 3.8) is 0 Å². The van der Waals surface area contributed by atoms with Gasteiger partial charge in [-0.2, -0.15) is 0 Å². The maximum absolute atomic E-state index is 3.96. The van der Waals surface area contributed by atoms with Crippen molar-refractivity contribution in [1.82, 2.24) is 4.57 Å². The third kappa shape index (κ3) is 3.43. The third-order valence-electron chi connectivity index (χ3n) is 8.46. The Kier molecular flexibility index (Phi) is 5.14. The summed E-state index contributed by atoms with van der Waals surface area (Å²) in [5.41, 5.74) is 12.4. The lowest BCUT2D eigenvalue weighted by Gasteiger charge is -2.24. The first-order valence-electron chi connectivity index (χ1n) is 13.9. The maximum atomic E-state index is 3.96. The zero-order chi connectivity index (χ0) is 26.6. The molecule has 0 saturated heterocycles. The number of benzene rings is 5. The van der Waals surface area contributed by atoms with Crippen LogP contribution < -0.4 is 4.90 Å². The number of allylic oxidation sites excluding steroid dienone is 4. The van der Waals surface area contributed by atoms with Crippen molar-refractivity contribution in [2.24, 2.45) is 0 Å². The van der Waals surface area contributed by atoms with Crippen LogP contribution in [0.15, 0.2) is 146 Å². The number of aromatic nitrogens is 1. The van der Waals surface area contributed by atoms with Crippen molar-refractivity contribution in [2.75, 3.05) is 4.90 Å². The Balaban J connectivity index is 1.15. The fraction of sp³-hybridized carbons (Fsp3) is 0.0526. The lowest BCUT2D eigenvalue weighted by Crippen LogP contribution is -2.14. The summed E-state index contributed by atoms with van der Waals surface area (Å²) >= 11 is 0. The predicted octanol–water partition coefficient (Wildman–Crippen LogP) is 10.2. The van der Waals surface area contributed by atoms with Crippen molar-refractivity contribution in [3.8, 4) is 16.8 Å². The van der Waals surface area contributed by atoms with Crippen LogP contribution in [0, 0.1) is 0 Å². The highest BCUT2D eigenvalue weighted by molar-refractivity contribution is 6.09. The summed E-state index contributed by atoms with van der Waals surface area (Å²) in [5.74, 6) is 0.442. The van der Waals surface area contributed by atoms with E-state index in [1.54, 1.807) is 0 Å². The zero-order valence-electron chi connectivity index (χ0n) is 22.2. The molecular formula is C38H28N2. The van der Waals surface area contributed by atoms with Gasteiger partial charge < -0.3 is 9.47 Å². The number of nitrogens with zero attached hydrogens (tertiary/aromatic N) is 2. The molecule has 0 bridgehead atoms. The van der Waals surface area contributed by atoms with E-state index in [-0.39, 0.29) is 0 Å². The van der Waals surface area contributed by atoms with Crippen LogP contribution in [0.1, 0.15) is 23.5 Å². The average Bonchev–Trinajstić information content (AvgIpc) is 3.54. The van der Waals surface area contributed by atoms with Gasteiger partial charge in [0.1, 0.15) is 0 Å². The molecule has 5 aromatic carbocycles. The lowest BCUT2D eigenvalue weighted by molar-refractivity contribution is 0.819. The van der Waals surface area contributed by atoms with E-state index in [4.69, 9.17) is 0 Å². The van der Waals surface area contributed by atoms with Crippen LogP contribution in [0.2, 0.25) is 0 Å². The molecule has 0 spiro atoms. The summed E-state index contributed by atoms with van der Waals surface area (Å²) in [4.78, 5) is 2.43. The van der Waals surface area contributed by atoms with Gasteiger partial charge in [-0.05, 0) is 83.3 Å². The van der Waals surface area contributed by atoms with E-state index in [1.165, 1.54) is 55.6 Å². The first-order valence-corrected chi connectivity index (χ1v) is 13.9. The molecular weight excluding hydrogens is 484 g/mol. The molecule has 0 fully saturated rings. The van der Waals surface area contributed by atoms with Crippen molar-refractivity contribution in [3.05, 3.63) is 157 Å². The van der Waals surface area contributed by atoms with Gasteiger partial charge in [-0.25, -0.2) is 0 Å². The van der Waals surface area contributed by atoms with E-state index in [0.717, 1.165) is 17.7 Å². The van der Waals surface area contributed by atoms with Crippen LogP contribution in [0.3, 0.4) is 0 Å². The molecule has 2 heteroatoms. The highest BCUT2D eigenvalue weighted by Crippen LogP contribution is 2.50. The summed E-state index contributed by atoms with van der Waals surface area (Å²) in [7, 11) is 0. The fourth-order valence-corrected chi connectivity index (χ4v) is 6.55. The van der Waals surface area contributed by atoms with Crippen molar-refractivity contribution in [1.29, 1.82) is 0 Å². The van der Waals surface area contributed by atoms with Gasteiger partial charge in [0.25, 0.3) is 0 Å². The molecule has 2 heterocycles. The van der Waals surface area contributed by atoms with Gasteiger partial charge in [-0.1, -0.05) is 91.5 Å². The zero-order valence-corrected chi connectivity index (χ0v) is 22.2. The molecule has 0 saturated carbocycles. The normalized spacial score (nSPS) is 15.8. The van der Waals surface area contributed by atoms with Gasteiger partial charge in [0.05, 0.1) is 11.0 Å². The minimum atomic E-state index is 0.442. The monoisotopic (exact) mass is 512 g/mol. The highest BCUT2D eigenvalue weighted by atomic mass is 15.2. The molecule has 0 amide bonds. The Labute approximate surface area is 234 Å². The van der Waals surface area contributed by atoms with Gasteiger partial charge >= 0.3 is 0 Å². The topological polar surface area (TPSA) is 8.17 Å². The van der Waals surface area contributed by atoms with Crippen molar-refractivity contribution >= 4 is 39.3 Å². The molecule has 1 unspecified atom stereocenters. The van der Waals surface area contributed by atoms with Gasteiger partial charge in [-0.15, -0.1) is 0 Å². The second kappa shape index (κ2) is 9.00. The Morgan fingerprint density at radius 3 is 2.17 bits per heavy atom. The van der Waals surface area contributed by atoms with Crippen LogP contribution in [0.5, 0.6) is 0 Å². The van der Waals surface area contributed by atoms with Crippen LogP contribution in [-0.4, -0.2) is 4.57 Å². The van der Waals surface area contributed by atoms with Crippen molar-refractivity contribution < 1.29 is 0 Å². The number of rotatable bonds is 4. The Morgan fingerprint density at radius 1 is 0.675 bits per heavy atom. The second-order valence-electron chi connectivity index (χ2n) is 10.6. The maximum Gasteiger partial charge on any atom is 0.0541 e. The largest absolute Gasteiger partial charge is 0.313 e. The van der Waals surface area contributed by atoms with Crippen molar-refractivity contribution in [2.45, 2.75) is 12.3 Å². The van der Waals surface area contributed by atoms with Crippen LogP contribution in [0.25, 0.3) is 44.7 Å². The summed E-state index contributed by atoms with van der Waals surface area (Å²) in [6.07, 6.45) is 9.71. The quantitative estimate of drug-likeness (QED) is 0.228. The van der Waals surface area contributed by atoms with E-state index in [0.29, 0.717) is 5.92 Å². The molecule has 8 rings (SSSR count). The first kappa shape index (κ1) is 22.9.